The normalized spacial score (nSPS) is 23.7. The molecule has 0 bridgehead atoms. The summed E-state index contributed by atoms with van der Waals surface area (Å²) in [5, 5.41) is 9.46. The van der Waals surface area contributed by atoms with Crippen molar-refractivity contribution in [2.24, 2.45) is 5.92 Å². The topological polar surface area (TPSA) is 92.4 Å². The van der Waals surface area contributed by atoms with Crippen LogP contribution in [0.25, 0.3) is 0 Å². The fourth-order valence-corrected chi connectivity index (χ4v) is 4.66. The number of benzene rings is 1. The molecule has 7 heteroatoms. The van der Waals surface area contributed by atoms with Gasteiger partial charge in [0.1, 0.15) is 4.90 Å². The summed E-state index contributed by atoms with van der Waals surface area (Å²) in [5.41, 5.74) is 5.85. The Hall–Kier alpha value is -0.820. The Balaban J connectivity index is 2.27. The molecule has 1 saturated carbocycles. The van der Waals surface area contributed by atoms with E-state index in [9.17, 15) is 13.5 Å². The van der Waals surface area contributed by atoms with E-state index in [4.69, 9.17) is 17.3 Å². The molecule has 2 atom stereocenters. The van der Waals surface area contributed by atoms with Gasteiger partial charge in [-0.3, -0.25) is 0 Å². The van der Waals surface area contributed by atoms with E-state index in [0.717, 1.165) is 25.7 Å². The molecule has 5 nitrogen and oxygen atoms in total. The molecule has 4 N–H and O–H groups in total. The van der Waals surface area contributed by atoms with Crippen molar-refractivity contribution in [2.45, 2.75) is 36.6 Å². The molecule has 0 aliphatic heterocycles. The van der Waals surface area contributed by atoms with Crippen LogP contribution in [0.4, 0.5) is 5.69 Å². The van der Waals surface area contributed by atoms with Crippen molar-refractivity contribution in [1.82, 2.24) is 4.72 Å². The molecule has 1 aliphatic carbocycles. The summed E-state index contributed by atoms with van der Waals surface area (Å²) in [6, 6.07) is 4.34. The van der Waals surface area contributed by atoms with E-state index in [-0.39, 0.29) is 34.2 Å². The Morgan fingerprint density at radius 3 is 2.70 bits per heavy atom. The maximum atomic E-state index is 12.4. The number of aliphatic hydroxyl groups excluding tert-OH is 1. The van der Waals surface area contributed by atoms with Crippen LogP contribution < -0.4 is 10.5 Å². The zero-order chi connectivity index (χ0) is 14.8. The zero-order valence-electron chi connectivity index (χ0n) is 11.0. The van der Waals surface area contributed by atoms with Crippen molar-refractivity contribution in [3.8, 4) is 0 Å². The lowest BCUT2D eigenvalue weighted by molar-refractivity contribution is 0.164. The van der Waals surface area contributed by atoms with Gasteiger partial charge in [-0.2, -0.15) is 0 Å². The van der Waals surface area contributed by atoms with Crippen LogP contribution in [-0.2, 0) is 10.0 Å². The standard InChI is InChI=1S/C13H19ClN2O3S/c14-10-5-3-6-11(15)13(10)20(18,19)16-12-7-2-1-4-9(12)8-17/h3,5-6,9,12,16-17H,1-2,4,7-8,15H2. The number of nitrogens with two attached hydrogens (primary N) is 1. The summed E-state index contributed by atoms with van der Waals surface area (Å²) in [4.78, 5) is -0.0797. The van der Waals surface area contributed by atoms with E-state index < -0.39 is 10.0 Å². The highest BCUT2D eigenvalue weighted by atomic mass is 35.5. The summed E-state index contributed by atoms with van der Waals surface area (Å²) in [5.74, 6) is -0.0535. The average molecular weight is 319 g/mol. The smallest absolute Gasteiger partial charge is 0.244 e. The molecule has 1 aromatic rings. The van der Waals surface area contributed by atoms with Gasteiger partial charge in [0.2, 0.25) is 10.0 Å². The third-order valence-corrected chi connectivity index (χ3v) is 5.75. The monoisotopic (exact) mass is 318 g/mol. The molecule has 0 saturated heterocycles. The van der Waals surface area contributed by atoms with E-state index in [1.54, 1.807) is 6.07 Å². The maximum Gasteiger partial charge on any atom is 0.244 e. The minimum atomic E-state index is -3.78. The van der Waals surface area contributed by atoms with Gasteiger partial charge in [0, 0.05) is 12.6 Å². The molecule has 0 spiro atoms. The van der Waals surface area contributed by atoms with Gasteiger partial charge < -0.3 is 10.8 Å². The van der Waals surface area contributed by atoms with Gasteiger partial charge in [0.15, 0.2) is 0 Å². The van der Waals surface area contributed by atoms with Gasteiger partial charge in [0.05, 0.1) is 10.7 Å². The fourth-order valence-electron chi connectivity index (χ4n) is 2.65. The number of sulfonamides is 1. The lowest BCUT2D eigenvalue weighted by atomic mass is 9.86. The largest absolute Gasteiger partial charge is 0.398 e. The molecule has 0 heterocycles. The Morgan fingerprint density at radius 2 is 2.05 bits per heavy atom. The second-order valence-electron chi connectivity index (χ2n) is 5.11. The minimum Gasteiger partial charge on any atom is -0.398 e. The van der Waals surface area contributed by atoms with Crippen molar-refractivity contribution < 1.29 is 13.5 Å². The number of hydrogen-bond donors (Lipinski definition) is 3. The molecule has 1 aliphatic rings. The SMILES string of the molecule is Nc1cccc(Cl)c1S(=O)(=O)NC1CCCCC1CO. The number of aliphatic hydroxyl groups is 1. The van der Waals surface area contributed by atoms with E-state index in [1.807, 2.05) is 0 Å². The molecular weight excluding hydrogens is 300 g/mol. The summed E-state index contributed by atoms with van der Waals surface area (Å²) < 4.78 is 27.5. The van der Waals surface area contributed by atoms with E-state index in [2.05, 4.69) is 4.72 Å². The number of halogens is 1. The highest BCUT2D eigenvalue weighted by molar-refractivity contribution is 7.89. The minimum absolute atomic E-state index is 0.0226. The number of nitrogens with one attached hydrogen (secondary N) is 1. The highest BCUT2D eigenvalue weighted by Gasteiger charge is 2.30. The zero-order valence-corrected chi connectivity index (χ0v) is 12.6. The molecule has 1 fully saturated rings. The van der Waals surface area contributed by atoms with Crippen LogP contribution in [-0.4, -0.2) is 26.2 Å². The van der Waals surface area contributed by atoms with Gasteiger partial charge >= 0.3 is 0 Å². The third-order valence-electron chi connectivity index (χ3n) is 3.72. The molecule has 0 amide bonds. The summed E-state index contributed by atoms with van der Waals surface area (Å²) in [7, 11) is -3.78. The molecule has 2 rings (SSSR count). The predicted molar refractivity (Wildman–Crippen MR) is 79.0 cm³/mol. The first kappa shape index (κ1) is 15.6. The van der Waals surface area contributed by atoms with Gasteiger partial charge in [-0.15, -0.1) is 0 Å². The van der Waals surface area contributed by atoms with Gasteiger partial charge in [0.25, 0.3) is 0 Å². The molecule has 112 valence electrons. The number of anilines is 1. The van der Waals surface area contributed by atoms with Crippen molar-refractivity contribution in [3.05, 3.63) is 23.2 Å². The lowest BCUT2D eigenvalue weighted by Gasteiger charge is -2.30. The Morgan fingerprint density at radius 1 is 1.35 bits per heavy atom. The molecule has 0 radical (unpaired) electrons. The second-order valence-corrected chi connectivity index (χ2v) is 7.17. The van der Waals surface area contributed by atoms with Crippen molar-refractivity contribution in [2.75, 3.05) is 12.3 Å². The third kappa shape index (κ3) is 3.25. The van der Waals surface area contributed by atoms with Gasteiger partial charge in [-0.25, -0.2) is 13.1 Å². The number of hydrogen-bond acceptors (Lipinski definition) is 4. The fraction of sp³-hybridized carbons (Fsp3) is 0.538. The molecule has 2 unspecified atom stereocenters. The lowest BCUT2D eigenvalue weighted by Crippen LogP contribution is -2.43. The highest BCUT2D eigenvalue weighted by Crippen LogP contribution is 2.30. The van der Waals surface area contributed by atoms with Crippen LogP contribution in [0.15, 0.2) is 23.1 Å². The van der Waals surface area contributed by atoms with Gasteiger partial charge in [-0.1, -0.05) is 30.5 Å². The van der Waals surface area contributed by atoms with Crippen LogP contribution >= 0.6 is 11.6 Å². The molecule has 0 aromatic heterocycles. The molecular formula is C13H19ClN2O3S. The first-order valence-electron chi connectivity index (χ1n) is 6.63. The van der Waals surface area contributed by atoms with Crippen molar-refractivity contribution in [1.29, 1.82) is 0 Å². The van der Waals surface area contributed by atoms with Crippen LogP contribution in [0.3, 0.4) is 0 Å². The van der Waals surface area contributed by atoms with Crippen LogP contribution in [0, 0.1) is 5.92 Å². The first-order valence-corrected chi connectivity index (χ1v) is 8.49. The maximum absolute atomic E-state index is 12.4. The van der Waals surface area contributed by atoms with Crippen LogP contribution in [0.1, 0.15) is 25.7 Å². The van der Waals surface area contributed by atoms with Crippen molar-refractivity contribution in [3.63, 3.8) is 0 Å². The van der Waals surface area contributed by atoms with E-state index in [0.29, 0.717) is 0 Å². The Kier molecular flexibility index (Phi) is 4.90. The Bertz CT molecular complexity index is 557. The summed E-state index contributed by atoms with van der Waals surface area (Å²) in [6.07, 6.45) is 3.50. The Labute approximate surface area is 124 Å². The predicted octanol–water partition coefficient (Wildman–Crippen LogP) is 1.75. The number of rotatable bonds is 4. The average Bonchev–Trinajstić information content (AvgIpc) is 2.38. The first-order chi connectivity index (χ1) is 9.45. The molecule has 20 heavy (non-hydrogen) atoms. The van der Waals surface area contributed by atoms with Crippen LogP contribution in [0.5, 0.6) is 0 Å². The van der Waals surface area contributed by atoms with E-state index >= 15 is 0 Å². The van der Waals surface area contributed by atoms with Gasteiger partial charge in [-0.05, 0) is 30.9 Å². The van der Waals surface area contributed by atoms with Crippen LogP contribution in [0.2, 0.25) is 5.02 Å². The summed E-state index contributed by atoms with van der Waals surface area (Å²) >= 11 is 5.95. The quantitative estimate of drug-likeness (QED) is 0.737. The van der Waals surface area contributed by atoms with Crippen molar-refractivity contribution >= 4 is 27.3 Å². The number of nitrogen functional groups attached to an aromatic ring is 1. The second kappa shape index (κ2) is 6.30. The molecule has 1 aromatic carbocycles. The van der Waals surface area contributed by atoms with E-state index in [1.165, 1.54) is 12.1 Å². The summed E-state index contributed by atoms with van der Waals surface area (Å²) in [6.45, 7) is -0.0226.